The van der Waals surface area contributed by atoms with E-state index in [1.54, 1.807) is 50.2 Å². The summed E-state index contributed by atoms with van der Waals surface area (Å²) in [5, 5.41) is 30.1. The largest absolute Gasteiger partial charge is 0.458 e. The van der Waals surface area contributed by atoms with Crippen LogP contribution in [0.5, 0.6) is 0 Å². The molecule has 4 aromatic rings. The minimum atomic E-state index is -2.06. The van der Waals surface area contributed by atoms with E-state index < -0.39 is 108 Å². The van der Waals surface area contributed by atoms with Gasteiger partial charge in [-0.3, -0.25) is 72.0 Å². The van der Waals surface area contributed by atoms with Crippen molar-refractivity contribution in [2.45, 2.75) is 147 Å². The number of imide groups is 1. The molecule has 492 valence electrons. The first-order valence-electron chi connectivity index (χ1n) is 30.8. The predicted molar refractivity (Wildman–Crippen MR) is 327 cm³/mol. The lowest BCUT2D eigenvalue weighted by Gasteiger charge is -2.31. The number of rotatable bonds is 34. The number of ketones is 4. The molecule has 0 saturated carbocycles. The maximum atomic E-state index is 15.4. The summed E-state index contributed by atoms with van der Waals surface area (Å²) in [5.74, 6) is -8.08. The Balaban J connectivity index is 0.708. The van der Waals surface area contributed by atoms with Gasteiger partial charge in [0.05, 0.1) is 54.7 Å². The standard InChI is InChI=1S/C65H73FN10O17/c1-3-65(92)45-29-50-61-43(34-76(50)63(90)44(45)35-93-64(65)91)60-47(19-18-42-36(2)46(66)30-48(74-61)59(42)60)72-53(83)10-7-25-67-54(84)32-71-62(89)49(28-37-8-5-4-6-9-37)73-56(86)33-70-55(85)31-69-51(81)20-17-40(79)14-13-38(77)11-12-39(78)15-16-41(80)23-26-68-52(82)24-27-75-57(87)21-22-58(75)88/h4-6,8-9,21-22,29-30,47,49,92H,3,7,10-20,23-28,31-35H2,1-2H3,(H,67,84)(H,68,82)(H,69,81)(H,70,85)(H,71,89)(H,72,83)(H,73,86)/t47-,49-,65-/m0/s1. The zero-order chi connectivity index (χ0) is 67.1. The third kappa shape index (κ3) is 17.5. The fourth-order valence-corrected chi connectivity index (χ4v) is 11.5. The highest BCUT2D eigenvalue weighted by atomic mass is 19.1. The number of ether oxygens (including phenoxy) is 1. The molecule has 28 heteroatoms. The van der Waals surface area contributed by atoms with Crippen LogP contribution in [0.15, 0.2) is 59.4 Å². The van der Waals surface area contributed by atoms with E-state index in [-0.39, 0.29) is 157 Å². The van der Waals surface area contributed by atoms with Crippen LogP contribution in [0.3, 0.4) is 0 Å². The molecule has 2 aromatic heterocycles. The van der Waals surface area contributed by atoms with Gasteiger partial charge in [0.15, 0.2) is 5.60 Å². The number of carbonyl (C=O) groups is 14. The molecular formula is C65H73FN10O17. The second kappa shape index (κ2) is 31.4. The summed E-state index contributed by atoms with van der Waals surface area (Å²) in [5.41, 5.74) is 1.91. The Morgan fingerprint density at radius 3 is 1.94 bits per heavy atom. The third-order valence-corrected chi connectivity index (χ3v) is 16.7. The van der Waals surface area contributed by atoms with Crippen LogP contribution < -0.4 is 42.8 Å². The fourth-order valence-electron chi connectivity index (χ4n) is 11.5. The molecule has 1 aliphatic carbocycles. The molecule has 3 aliphatic heterocycles. The lowest BCUT2D eigenvalue weighted by atomic mass is 9.81. The smallest absolute Gasteiger partial charge is 0.343 e. The van der Waals surface area contributed by atoms with Gasteiger partial charge >= 0.3 is 5.97 Å². The van der Waals surface area contributed by atoms with Gasteiger partial charge < -0.3 is 51.6 Å². The Bertz CT molecular complexity index is 3790. The first-order valence-corrected chi connectivity index (χ1v) is 30.8. The van der Waals surface area contributed by atoms with E-state index in [0.29, 0.717) is 57.4 Å². The number of aryl methyl sites for hydroxylation is 1. The molecule has 0 spiro atoms. The number of nitrogens with one attached hydrogen (secondary N) is 7. The molecule has 3 atom stereocenters. The number of esters is 1. The number of halogens is 1. The quantitative estimate of drug-likeness (QED) is 0.0161. The second-order valence-electron chi connectivity index (χ2n) is 23.2. The number of benzene rings is 2. The van der Waals surface area contributed by atoms with Gasteiger partial charge in [0.25, 0.3) is 17.4 Å². The van der Waals surface area contributed by atoms with Crippen molar-refractivity contribution in [2.24, 2.45) is 0 Å². The number of fused-ring (bicyclic) bond motifs is 5. The number of aromatic nitrogens is 2. The molecule has 0 unspecified atom stereocenters. The van der Waals surface area contributed by atoms with Gasteiger partial charge in [-0.05, 0) is 60.9 Å². The van der Waals surface area contributed by atoms with Crippen LogP contribution in [0, 0.1) is 12.7 Å². The SMILES string of the molecule is CC[C@@]1(O)C(=O)OCc2c1cc1n(c2=O)Cc2c-1nc1cc(F)c(C)c3c1c2[C@@H](NC(=O)CCCNC(=O)CNC(=O)[C@H](Cc1ccccc1)NC(=O)CNC(=O)CNC(=O)CCC(=O)CCC(=O)CCC(=O)CCC(=O)CCNC(=O)CCN1C(=O)C=CC1=O)CC3. The molecule has 93 heavy (non-hydrogen) atoms. The number of nitrogens with zero attached hydrogens (tertiary/aromatic N) is 3. The highest BCUT2D eigenvalue weighted by Gasteiger charge is 2.46. The van der Waals surface area contributed by atoms with E-state index in [2.05, 4.69) is 37.2 Å². The summed E-state index contributed by atoms with van der Waals surface area (Å²) in [4.78, 5) is 195. The van der Waals surface area contributed by atoms with Crippen molar-refractivity contribution < 1.29 is 81.4 Å². The average Bonchev–Trinajstić information content (AvgIpc) is 1.62. The molecule has 2 aromatic carbocycles. The van der Waals surface area contributed by atoms with Gasteiger partial charge in [-0.25, -0.2) is 14.2 Å². The van der Waals surface area contributed by atoms with Gasteiger partial charge in [-0.2, -0.15) is 0 Å². The second-order valence-corrected chi connectivity index (χ2v) is 23.2. The normalized spacial score (nSPS) is 16.1. The Kier molecular flexibility index (Phi) is 23.2. The monoisotopic (exact) mass is 1280 g/mol. The number of pyridine rings is 2. The predicted octanol–water partition coefficient (Wildman–Crippen LogP) is 0.822. The number of cyclic esters (lactones) is 1. The zero-order valence-corrected chi connectivity index (χ0v) is 51.5. The molecule has 0 bridgehead atoms. The number of amides is 9. The van der Waals surface area contributed by atoms with Crippen LogP contribution in [0.25, 0.3) is 22.3 Å². The highest BCUT2D eigenvalue weighted by Crippen LogP contribution is 2.46. The van der Waals surface area contributed by atoms with Crippen molar-refractivity contribution in [3.05, 3.63) is 110 Å². The van der Waals surface area contributed by atoms with Crippen molar-refractivity contribution in [1.29, 1.82) is 0 Å². The van der Waals surface area contributed by atoms with E-state index in [1.807, 2.05) is 0 Å². The van der Waals surface area contributed by atoms with Crippen molar-refractivity contribution >= 4 is 93.2 Å². The van der Waals surface area contributed by atoms with Crippen molar-refractivity contribution in [2.75, 3.05) is 39.3 Å². The van der Waals surface area contributed by atoms with Crippen LogP contribution in [0.2, 0.25) is 0 Å². The van der Waals surface area contributed by atoms with Crippen LogP contribution >= 0.6 is 0 Å². The Morgan fingerprint density at radius 2 is 1.27 bits per heavy atom. The van der Waals surface area contributed by atoms with E-state index in [4.69, 9.17) is 9.72 Å². The average molecular weight is 1290 g/mol. The van der Waals surface area contributed by atoms with E-state index in [1.165, 1.54) is 10.6 Å². The first-order chi connectivity index (χ1) is 44.4. The summed E-state index contributed by atoms with van der Waals surface area (Å²) in [7, 11) is 0. The van der Waals surface area contributed by atoms with E-state index in [9.17, 15) is 77.0 Å². The Labute approximate surface area is 532 Å². The third-order valence-electron chi connectivity index (χ3n) is 16.7. The molecular weight excluding hydrogens is 1210 g/mol. The number of hydrogen-bond acceptors (Lipinski definition) is 18. The molecule has 0 fully saturated rings. The molecule has 5 heterocycles. The van der Waals surface area contributed by atoms with Gasteiger partial charge in [-0.1, -0.05) is 37.3 Å². The summed E-state index contributed by atoms with van der Waals surface area (Å²) in [6, 6.07) is 9.77. The minimum Gasteiger partial charge on any atom is -0.458 e. The molecule has 0 saturated heterocycles. The number of Topliss-reactive ketones (excluding diaryl/α,β-unsaturated/α-hetero) is 4. The summed E-state index contributed by atoms with van der Waals surface area (Å²) < 4.78 is 22.1. The molecule has 27 nitrogen and oxygen atoms in total. The van der Waals surface area contributed by atoms with Gasteiger partial charge in [0, 0.05) is 131 Å². The lowest BCUT2D eigenvalue weighted by molar-refractivity contribution is -0.172. The maximum absolute atomic E-state index is 15.4. The minimum absolute atomic E-state index is 0.00436. The van der Waals surface area contributed by atoms with Crippen molar-refractivity contribution in [3.63, 3.8) is 0 Å². The molecule has 9 amide bonds. The molecule has 0 radical (unpaired) electrons. The Hall–Kier alpha value is -9.99. The molecule has 8 N–H and O–H groups in total. The van der Waals surface area contributed by atoms with E-state index >= 15 is 4.39 Å². The van der Waals surface area contributed by atoms with Crippen LogP contribution in [-0.4, -0.2) is 147 Å². The van der Waals surface area contributed by atoms with Crippen LogP contribution in [0.1, 0.15) is 142 Å². The van der Waals surface area contributed by atoms with E-state index in [0.717, 1.165) is 22.6 Å². The maximum Gasteiger partial charge on any atom is 0.343 e. The van der Waals surface area contributed by atoms with Crippen LogP contribution in [-0.2, 0) is 103 Å². The van der Waals surface area contributed by atoms with Gasteiger partial charge in [-0.15, -0.1) is 0 Å². The number of carbonyl (C=O) groups excluding carboxylic acids is 14. The molecule has 4 aliphatic rings. The van der Waals surface area contributed by atoms with Crippen LogP contribution in [0.4, 0.5) is 4.39 Å². The highest BCUT2D eigenvalue weighted by molar-refractivity contribution is 6.13. The fraction of sp³-hybridized carbons (Fsp3) is 0.446. The van der Waals surface area contributed by atoms with Crippen molar-refractivity contribution in [3.8, 4) is 11.4 Å². The number of aliphatic hydroxyl groups is 1. The number of hydrogen-bond donors (Lipinski definition) is 8. The first kappa shape index (κ1) is 68.9. The Morgan fingerprint density at radius 1 is 0.677 bits per heavy atom. The zero-order valence-electron chi connectivity index (χ0n) is 51.5. The van der Waals surface area contributed by atoms with Gasteiger partial charge in [0.2, 0.25) is 41.4 Å². The van der Waals surface area contributed by atoms with Crippen molar-refractivity contribution in [1.82, 2.24) is 51.7 Å². The summed E-state index contributed by atoms with van der Waals surface area (Å²) in [6.45, 7) is 1.32. The topological polar surface area (TPSA) is 391 Å². The summed E-state index contributed by atoms with van der Waals surface area (Å²) >= 11 is 0. The lowest BCUT2D eigenvalue weighted by Crippen LogP contribution is -2.52. The summed E-state index contributed by atoms with van der Waals surface area (Å²) in [6.07, 6.45) is 1.59. The van der Waals surface area contributed by atoms with Gasteiger partial charge in [0.1, 0.15) is 41.6 Å². The molecule has 8 rings (SSSR count).